The van der Waals surface area contributed by atoms with Crippen molar-refractivity contribution in [2.45, 2.75) is 56.9 Å². The molecule has 3 rings (SSSR count). The van der Waals surface area contributed by atoms with Crippen LogP contribution in [0.2, 0.25) is 0 Å². The number of carbonyl (C=O) groups excluding carboxylic acids is 1. The van der Waals surface area contributed by atoms with E-state index in [-0.39, 0.29) is 28.2 Å². The minimum absolute atomic E-state index is 0.0146. The second-order valence-electron chi connectivity index (χ2n) is 7.59. The summed E-state index contributed by atoms with van der Waals surface area (Å²) in [6.45, 7) is 3.86. The van der Waals surface area contributed by atoms with Crippen LogP contribution in [0.5, 0.6) is 5.75 Å². The first kappa shape index (κ1) is 21.3. The lowest BCUT2D eigenvalue weighted by atomic mass is 9.96. The Balaban J connectivity index is 1.87. The maximum absolute atomic E-state index is 13.0. The number of sulfonamides is 1. The second-order valence-corrected chi connectivity index (χ2v) is 9.28. The van der Waals surface area contributed by atoms with Gasteiger partial charge in [-0.15, -0.1) is 0 Å². The Morgan fingerprint density at radius 2 is 1.76 bits per heavy atom. The number of amides is 1. The van der Waals surface area contributed by atoms with Crippen LogP contribution >= 0.6 is 0 Å². The zero-order chi connectivity index (χ0) is 21.0. The van der Waals surface area contributed by atoms with E-state index in [1.54, 1.807) is 6.07 Å². The van der Waals surface area contributed by atoms with E-state index < -0.39 is 10.0 Å². The van der Waals surface area contributed by atoms with Crippen molar-refractivity contribution >= 4 is 21.6 Å². The van der Waals surface area contributed by atoms with Crippen LogP contribution in [0.1, 0.15) is 53.6 Å². The minimum Gasteiger partial charge on any atom is -0.495 e. The Labute approximate surface area is 172 Å². The first-order valence-electron chi connectivity index (χ1n) is 9.89. The van der Waals surface area contributed by atoms with Crippen molar-refractivity contribution in [1.29, 1.82) is 0 Å². The maximum Gasteiger partial charge on any atom is 0.255 e. The highest BCUT2D eigenvalue weighted by molar-refractivity contribution is 7.89. The van der Waals surface area contributed by atoms with Gasteiger partial charge in [-0.05, 0) is 62.1 Å². The summed E-state index contributed by atoms with van der Waals surface area (Å²) < 4.78 is 34.0. The van der Waals surface area contributed by atoms with Gasteiger partial charge in [0, 0.05) is 17.3 Å². The molecule has 2 aromatic carbocycles. The fraction of sp³-hybridized carbons (Fsp3) is 0.409. The van der Waals surface area contributed by atoms with Crippen molar-refractivity contribution in [1.82, 2.24) is 4.72 Å². The number of methoxy groups -OCH3 is 1. The molecule has 29 heavy (non-hydrogen) atoms. The Morgan fingerprint density at radius 1 is 1.03 bits per heavy atom. The number of carbonyl (C=O) groups is 1. The van der Waals surface area contributed by atoms with Gasteiger partial charge in [-0.1, -0.05) is 31.4 Å². The number of nitrogens with one attached hydrogen (secondary N) is 2. The molecule has 2 N–H and O–H groups in total. The predicted octanol–water partition coefficient (Wildman–Crippen LogP) is 4.18. The summed E-state index contributed by atoms with van der Waals surface area (Å²) in [4.78, 5) is 12.8. The van der Waals surface area contributed by atoms with Gasteiger partial charge in [-0.25, -0.2) is 13.1 Å². The van der Waals surface area contributed by atoms with E-state index in [0.29, 0.717) is 5.69 Å². The second kappa shape index (κ2) is 8.97. The monoisotopic (exact) mass is 416 g/mol. The quantitative estimate of drug-likeness (QED) is 0.740. The van der Waals surface area contributed by atoms with Crippen LogP contribution in [-0.2, 0) is 10.0 Å². The summed E-state index contributed by atoms with van der Waals surface area (Å²) in [6.07, 6.45) is 4.82. The van der Waals surface area contributed by atoms with Crippen molar-refractivity contribution in [3.05, 3.63) is 53.1 Å². The van der Waals surface area contributed by atoms with Crippen LogP contribution < -0.4 is 14.8 Å². The Kier molecular flexibility index (Phi) is 6.59. The summed E-state index contributed by atoms with van der Waals surface area (Å²) >= 11 is 0. The molecule has 1 aliphatic carbocycles. The van der Waals surface area contributed by atoms with Crippen molar-refractivity contribution < 1.29 is 17.9 Å². The predicted molar refractivity (Wildman–Crippen MR) is 114 cm³/mol. The molecule has 6 nitrogen and oxygen atoms in total. The summed E-state index contributed by atoms with van der Waals surface area (Å²) in [5, 5.41) is 2.87. The van der Waals surface area contributed by atoms with Crippen LogP contribution in [0.15, 0.2) is 41.3 Å². The highest BCUT2D eigenvalue weighted by Crippen LogP contribution is 2.27. The van der Waals surface area contributed by atoms with E-state index in [2.05, 4.69) is 10.0 Å². The first-order valence-corrected chi connectivity index (χ1v) is 11.4. The molecule has 0 aromatic heterocycles. The summed E-state index contributed by atoms with van der Waals surface area (Å²) in [7, 11) is -2.38. The van der Waals surface area contributed by atoms with Crippen molar-refractivity contribution in [3.63, 3.8) is 0 Å². The molecular weight excluding hydrogens is 388 g/mol. The van der Waals surface area contributed by atoms with Gasteiger partial charge in [0.25, 0.3) is 5.91 Å². The minimum atomic E-state index is -3.80. The highest BCUT2D eigenvalue weighted by atomic mass is 32.2. The largest absolute Gasteiger partial charge is 0.495 e. The summed E-state index contributed by atoms with van der Waals surface area (Å²) in [5.74, 6) is -0.146. The highest BCUT2D eigenvalue weighted by Gasteiger charge is 2.26. The van der Waals surface area contributed by atoms with Gasteiger partial charge in [0.05, 0.1) is 7.11 Å². The fourth-order valence-electron chi connectivity index (χ4n) is 3.60. The van der Waals surface area contributed by atoms with Gasteiger partial charge in [0.1, 0.15) is 10.6 Å². The van der Waals surface area contributed by atoms with E-state index >= 15 is 0 Å². The summed E-state index contributed by atoms with van der Waals surface area (Å²) in [5.41, 5.74) is 2.93. The molecule has 1 amide bonds. The molecule has 1 aliphatic rings. The standard InChI is InChI=1S/C22H28N2O4S/c1-15-9-10-16(2)19(13-15)23-22(25)17-11-12-20(28-3)21(14-17)29(26,27)24-18-7-5-4-6-8-18/h9-14,18,24H,4-8H2,1-3H3,(H,23,25). The van der Waals surface area contributed by atoms with Crippen LogP contribution in [0, 0.1) is 13.8 Å². The van der Waals surface area contributed by atoms with Gasteiger partial charge in [0.15, 0.2) is 0 Å². The van der Waals surface area contributed by atoms with Gasteiger partial charge >= 0.3 is 0 Å². The van der Waals surface area contributed by atoms with E-state index in [9.17, 15) is 13.2 Å². The number of aryl methyl sites for hydroxylation is 2. The lowest BCUT2D eigenvalue weighted by Gasteiger charge is -2.23. The van der Waals surface area contributed by atoms with E-state index in [4.69, 9.17) is 4.74 Å². The molecule has 156 valence electrons. The number of anilines is 1. The Morgan fingerprint density at radius 3 is 2.45 bits per heavy atom. The van der Waals surface area contributed by atoms with Crippen molar-refractivity contribution in [2.24, 2.45) is 0 Å². The zero-order valence-corrected chi connectivity index (χ0v) is 17.9. The Bertz CT molecular complexity index is 996. The molecule has 1 fully saturated rings. The Hall–Kier alpha value is -2.38. The van der Waals surface area contributed by atoms with E-state index in [1.807, 2.05) is 32.0 Å². The number of ether oxygens (including phenoxy) is 1. The topological polar surface area (TPSA) is 84.5 Å². The molecule has 0 atom stereocenters. The SMILES string of the molecule is COc1ccc(C(=O)Nc2cc(C)ccc2C)cc1S(=O)(=O)NC1CCCCC1. The zero-order valence-electron chi connectivity index (χ0n) is 17.1. The summed E-state index contributed by atoms with van der Waals surface area (Å²) in [6, 6.07) is 10.2. The normalized spacial score (nSPS) is 15.1. The molecule has 0 saturated heterocycles. The molecule has 0 unspecified atom stereocenters. The average Bonchev–Trinajstić information content (AvgIpc) is 2.70. The van der Waals surface area contributed by atoms with Crippen molar-refractivity contribution in [2.75, 3.05) is 12.4 Å². The number of hydrogen-bond acceptors (Lipinski definition) is 4. The molecule has 1 saturated carbocycles. The van der Waals surface area contributed by atoms with Gasteiger partial charge < -0.3 is 10.1 Å². The third-order valence-electron chi connectivity index (χ3n) is 5.28. The number of hydrogen-bond donors (Lipinski definition) is 2. The smallest absolute Gasteiger partial charge is 0.255 e. The molecule has 0 radical (unpaired) electrons. The third-order valence-corrected chi connectivity index (χ3v) is 6.83. The fourth-order valence-corrected chi connectivity index (χ4v) is 5.10. The molecule has 2 aromatic rings. The van der Waals surface area contributed by atoms with Gasteiger partial charge in [-0.2, -0.15) is 0 Å². The number of rotatable bonds is 6. The number of benzene rings is 2. The molecule has 0 aliphatic heterocycles. The lowest BCUT2D eigenvalue weighted by Crippen LogP contribution is -2.36. The molecule has 0 bridgehead atoms. The van der Waals surface area contributed by atoms with Crippen LogP contribution in [0.4, 0.5) is 5.69 Å². The van der Waals surface area contributed by atoms with Crippen LogP contribution in [-0.4, -0.2) is 27.5 Å². The molecule has 0 heterocycles. The van der Waals surface area contributed by atoms with Crippen molar-refractivity contribution in [3.8, 4) is 5.75 Å². The van der Waals surface area contributed by atoms with Crippen LogP contribution in [0.25, 0.3) is 0 Å². The average molecular weight is 417 g/mol. The van der Waals surface area contributed by atoms with Gasteiger partial charge in [0.2, 0.25) is 10.0 Å². The molecular formula is C22H28N2O4S. The van der Waals surface area contributed by atoms with E-state index in [1.165, 1.54) is 19.2 Å². The van der Waals surface area contributed by atoms with Gasteiger partial charge in [-0.3, -0.25) is 4.79 Å². The molecule has 7 heteroatoms. The third kappa shape index (κ3) is 5.16. The lowest BCUT2D eigenvalue weighted by molar-refractivity contribution is 0.102. The van der Waals surface area contributed by atoms with Crippen LogP contribution in [0.3, 0.4) is 0 Å². The van der Waals surface area contributed by atoms with E-state index in [0.717, 1.165) is 43.2 Å². The maximum atomic E-state index is 13.0. The first-order chi connectivity index (χ1) is 13.8. The molecule has 0 spiro atoms.